The molecule has 0 amide bonds. The number of aromatic amines is 1. The zero-order valence-corrected chi connectivity index (χ0v) is 6.12. The van der Waals surface area contributed by atoms with Crippen molar-refractivity contribution in [2.75, 3.05) is 0 Å². The van der Waals surface area contributed by atoms with Gasteiger partial charge in [0.2, 0.25) is 0 Å². The van der Waals surface area contributed by atoms with E-state index in [0.717, 1.165) is 19.3 Å². The van der Waals surface area contributed by atoms with Crippen LogP contribution in [0, 0.1) is 0 Å². The maximum Gasteiger partial charge on any atom is 0.174 e. The van der Waals surface area contributed by atoms with Gasteiger partial charge in [-0.25, -0.2) is 0 Å². The number of nitrogens with one attached hydrogen (secondary N) is 1. The number of tetrazole rings is 1. The molecule has 5 nitrogen and oxygen atoms in total. The predicted octanol–water partition coefficient (Wildman–Crippen LogP) is -0.343. The largest absolute Gasteiger partial charge is 0.390 e. The molecule has 0 unspecified atom stereocenters. The highest BCUT2D eigenvalue weighted by Gasteiger charge is 2.39. The van der Waals surface area contributed by atoms with Gasteiger partial charge in [0.1, 0.15) is 0 Å². The number of hydrogen-bond donors (Lipinski definition) is 2. The molecule has 0 saturated heterocycles. The minimum Gasteiger partial charge on any atom is -0.390 e. The van der Waals surface area contributed by atoms with E-state index < -0.39 is 5.60 Å². The van der Waals surface area contributed by atoms with E-state index in [4.69, 9.17) is 0 Å². The van der Waals surface area contributed by atoms with E-state index in [1.165, 1.54) is 0 Å². The zero-order chi connectivity index (χ0) is 7.73. The van der Waals surface area contributed by atoms with E-state index >= 15 is 0 Å². The van der Waals surface area contributed by atoms with Crippen molar-refractivity contribution in [1.82, 2.24) is 20.6 Å². The molecule has 1 saturated carbocycles. The molecule has 1 aromatic heterocycles. The summed E-state index contributed by atoms with van der Waals surface area (Å²) in [5.74, 6) is 0.685. The van der Waals surface area contributed by atoms with Crippen LogP contribution in [0.1, 0.15) is 25.1 Å². The maximum atomic E-state index is 9.44. The summed E-state index contributed by atoms with van der Waals surface area (Å²) in [7, 11) is 0. The van der Waals surface area contributed by atoms with E-state index in [1.807, 2.05) is 0 Å². The Morgan fingerprint density at radius 1 is 1.55 bits per heavy atom. The predicted molar refractivity (Wildman–Crippen MR) is 36.7 cm³/mol. The molecule has 0 radical (unpaired) electrons. The third kappa shape index (κ3) is 1.54. The fourth-order valence-corrected chi connectivity index (χ4v) is 1.03. The standard InChI is InChI=1S/C6H10N4O/c11-6(3-4-6)2-1-5-7-9-10-8-5/h11H,1-4H2,(H,7,8,9,10). The second-order valence-corrected chi connectivity index (χ2v) is 3.05. The number of hydrogen-bond acceptors (Lipinski definition) is 4. The first-order chi connectivity index (χ1) is 5.29. The Labute approximate surface area is 63.8 Å². The molecule has 0 aliphatic heterocycles. The Balaban J connectivity index is 1.83. The Hall–Kier alpha value is -0.970. The van der Waals surface area contributed by atoms with Crippen molar-refractivity contribution in [3.63, 3.8) is 0 Å². The fourth-order valence-electron chi connectivity index (χ4n) is 1.03. The first-order valence-corrected chi connectivity index (χ1v) is 3.73. The van der Waals surface area contributed by atoms with Crippen molar-refractivity contribution in [1.29, 1.82) is 0 Å². The van der Waals surface area contributed by atoms with Gasteiger partial charge in [-0.05, 0) is 19.3 Å². The Bertz CT molecular complexity index is 229. The minimum atomic E-state index is -0.402. The molecule has 1 aliphatic carbocycles. The second-order valence-electron chi connectivity index (χ2n) is 3.05. The Morgan fingerprint density at radius 2 is 2.36 bits per heavy atom. The van der Waals surface area contributed by atoms with Crippen LogP contribution in [0.15, 0.2) is 0 Å². The van der Waals surface area contributed by atoms with E-state index in [1.54, 1.807) is 0 Å². The van der Waals surface area contributed by atoms with Crippen molar-refractivity contribution in [2.24, 2.45) is 0 Å². The molecule has 5 heteroatoms. The maximum absolute atomic E-state index is 9.44. The molecule has 0 aromatic carbocycles. The third-order valence-corrected chi connectivity index (χ3v) is 2.03. The van der Waals surface area contributed by atoms with E-state index in [-0.39, 0.29) is 0 Å². The average Bonchev–Trinajstić information content (AvgIpc) is 2.53. The van der Waals surface area contributed by atoms with Crippen LogP contribution >= 0.6 is 0 Å². The molecule has 0 bridgehead atoms. The molecule has 1 heterocycles. The molecule has 0 atom stereocenters. The summed E-state index contributed by atoms with van der Waals surface area (Å²) in [6.07, 6.45) is 3.31. The van der Waals surface area contributed by atoms with Crippen LogP contribution in [-0.4, -0.2) is 31.3 Å². The highest BCUT2D eigenvalue weighted by Crippen LogP contribution is 2.38. The topological polar surface area (TPSA) is 74.7 Å². The van der Waals surface area contributed by atoms with Gasteiger partial charge in [0.05, 0.1) is 5.60 Å². The summed E-state index contributed by atoms with van der Waals surface area (Å²) in [5, 5.41) is 22.8. The number of aromatic nitrogens is 4. The SMILES string of the molecule is OC1(CCc2nn[nH]n2)CC1. The molecule has 11 heavy (non-hydrogen) atoms. The average molecular weight is 154 g/mol. The molecule has 60 valence electrons. The molecule has 0 spiro atoms. The molecule has 2 rings (SSSR count). The molecule has 2 N–H and O–H groups in total. The highest BCUT2D eigenvalue weighted by atomic mass is 16.3. The van der Waals surface area contributed by atoms with E-state index in [9.17, 15) is 5.11 Å². The lowest BCUT2D eigenvalue weighted by molar-refractivity contribution is 0.140. The van der Waals surface area contributed by atoms with Gasteiger partial charge in [-0.1, -0.05) is 5.21 Å². The summed E-state index contributed by atoms with van der Waals surface area (Å²) in [5.41, 5.74) is -0.402. The molecule has 1 aromatic rings. The second kappa shape index (κ2) is 2.27. The van der Waals surface area contributed by atoms with Crippen LogP contribution in [0.5, 0.6) is 0 Å². The van der Waals surface area contributed by atoms with Gasteiger partial charge in [-0.3, -0.25) is 0 Å². The molecule has 1 fully saturated rings. The summed E-state index contributed by atoms with van der Waals surface area (Å²) in [6.45, 7) is 0. The first-order valence-electron chi connectivity index (χ1n) is 3.73. The monoisotopic (exact) mass is 154 g/mol. The highest BCUT2D eigenvalue weighted by molar-refractivity contribution is 4.95. The Morgan fingerprint density at radius 3 is 2.91 bits per heavy atom. The zero-order valence-electron chi connectivity index (χ0n) is 6.12. The number of rotatable bonds is 3. The number of nitrogens with zero attached hydrogens (tertiary/aromatic N) is 3. The van der Waals surface area contributed by atoms with Gasteiger partial charge >= 0.3 is 0 Å². The molecular weight excluding hydrogens is 144 g/mol. The van der Waals surface area contributed by atoms with Crippen molar-refractivity contribution in [2.45, 2.75) is 31.3 Å². The summed E-state index contributed by atoms with van der Waals surface area (Å²) < 4.78 is 0. The van der Waals surface area contributed by atoms with Gasteiger partial charge in [-0.15, -0.1) is 10.2 Å². The van der Waals surface area contributed by atoms with Crippen LogP contribution in [0.4, 0.5) is 0 Å². The van der Waals surface area contributed by atoms with Crippen molar-refractivity contribution < 1.29 is 5.11 Å². The van der Waals surface area contributed by atoms with Crippen molar-refractivity contribution >= 4 is 0 Å². The summed E-state index contributed by atoms with van der Waals surface area (Å²) in [4.78, 5) is 0. The third-order valence-electron chi connectivity index (χ3n) is 2.03. The summed E-state index contributed by atoms with van der Waals surface area (Å²) in [6, 6.07) is 0. The molecular formula is C6H10N4O. The smallest absolute Gasteiger partial charge is 0.174 e. The number of aryl methyl sites for hydroxylation is 1. The lowest BCUT2D eigenvalue weighted by Crippen LogP contribution is -2.08. The van der Waals surface area contributed by atoms with Crippen molar-refractivity contribution in [3.05, 3.63) is 5.82 Å². The molecule has 1 aliphatic rings. The minimum absolute atomic E-state index is 0.402. The first kappa shape index (κ1) is 6.72. The van der Waals surface area contributed by atoms with Gasteiger partial charge in [0.15, 0.2) is 5.82 Å². The lowest BCUT2D eigenvalue weighted by atomic mass is 10.2. The van der Waals surface area contributed by atoms with Crippen LogP contribution in [-0.2, 0) is 6.42 Å². The number of H-pyrrole nitrogens is 1. The van der Waals surface area contributed by atoms with Crippen molar-refractivity contribution in [3.8, 4) is 0 Å². The number of aliphatic hydroxyl groups is 1. The van der Waals surface area contributed by atoms with Crippen LogP contribution < -0.4 is 0 Å². The fraction of sp³-hybridized carbons (Fsp3) is 0.833. The van der Waals surface area contributed by atoms with Gasteiger partial charge < -0.3 is 5.11 Å². The van der Waals surface area contributed by atoms with Crippen LogP contribution in [0.2, 0.25) is 0 Å². The normalized spacial score (nSPS) is 20.1. The van der Waals surface area contributed by atoms with E-state index in [2.05, 4.69) is 20.6 Å². The van der Waals surface area contributed by atoms with Gasteiger partial charge in [0, 0.05) is 6.42 Å². The van der Waals surface area contributed by atoms with Gasteiger partial charge in [-0.2, -0.15) is 5.21 Å². The van der Waals surface area contributed by atoms with Crippen LogP contribution in [0.25, 0.3) is 0 Å². The van der Waals surface area contributed by atoms with E-state index in [0.29, 0.717) is 12.2 Å². The Kier molecular flexibility index (Phi) is 1.38. The lowest BCUT2D eigenvalue weighted by Gasteiger charge is -2.02. The summed E-state index contributed by atoms with van der Waals surface area (Å²) >= 11 is 0. The quantitative estimate of drug-likeness (QED) is 0.624. The van der Waals surface area contributed by atoms with Gasteiger partial charge in [0.25, 0.3) is 0 Å². The van der Waals surface area contributed by atoms with Crippen LogP contribution in [0.3, 0.4) is 0 Å².